The van der Waals surface area contributed by atoms with Gasteiger partial charge >= 0.3 is 5.97 Å². The van der Waals surface area contributed by atoms with E-state index in [0.29, 0.717) is 18.0 Å². The Bertz CT molecular complexity index is 315. The highest BCUT2D eigenvalue weighted by molar-refractivity contribution is 7.99. The van der Waals surface area contributed by atoms with Gasteiger partial charge in [-0.3, -0.25) is 9.69 Å². The van der Waals surface area contributed by atoms with Crippen LogP contribution in [-0.2, 0) is 4.79 Å². The fraction of sp³-hybridized carbons (Fsp3) is 0.929. The smallest absolute Gasteiger partial charge is 0.304 e. The van der Waals surface area contributed by atoms with E-state index < -0.39 is 5.97 Å². The van der Waals surface area contributed by atoms with Gasteiger partial charge in [0, 0.05) is 44.5 Å². The molecule has 2 aliphatic rings. The molecule has 5 heteroatoms. The van der Waals surface area contributed by atoms with Crippen molar-refractivity contribution in [2.24, 2.45) is 5.41 Å². The van der Waals surface area contributed by atoms with Gasteiger partial charge in [0.15, 0.2) is 0 Å². The molecule has 0 amide bonds. The van der Waals surface area contributed by atoms with E-state index in [1.807, 2.05) is 0 Å². The summed E-state index contributed by atoms with van der Waals surface area (Å²) in [5.74, 6) is 1.86. The minimum Gasteiger partial charge on any atom is -0.481 e. The van der Waals surface area contributed by atoms with Gasteiger partial charge in [0.1, 0.15) is 0 Å². The molecule has 0 aromatic carbocycles. The molecule has 0 spiro atoms. The molecule has 1 atom stereocenters. The molecule has 2 fully saturated rings. The van der Waals surface area contributed by atoms with E-state index in [1.54, 1.807) is 0 Å². The molecule has 110 valence electrons. The van der Waals surface area contributed by atoms with Crippen LogP contribution in [-0.4, -0.2) is 71.1 Å². The van der Waals surface area contributed by atoms with Gasteiger partial charge in [-0.2, -0.15) is 11.8 Å². The molecular formula is C14H26N2O2S. The fourth-order valence-corrected chi connectivity index (χ4v) is 4.80. The van der Waals surface area contributed by atoms with E-state index in [9.17, 15) is 4.79 Å². The van der Waals surface area contributed by atoms with Crippen molar-refractivity contribution in [3.63, 3.8) is 0 Å². The number of nitrogens with zero attached hydrogens (tertiary/aromatic N) is 2. The molecular weight excluding hydrogens is 260 g/mol. The van der Waals surface area contributed by atoms with Crippen molar-refractivity contribution >= 4 is 17.7 Å². The Morgan fingerprint density at radius 2 is 2.00 bits per heavy atom. The largest absolute Gasteiger partial charge is 0.481 e. The first-order valence-electron chi connectivity index (χ1n) is 7.25. The topological polar surface area (TPSA) is 43.8 Å². The van der Waals surface area contributed by atoms with Gasteiger partial charge in [0.05, 0.1) is 6.42 Å². The lowest BCUT2D eigenvalue weighted by molar-refractivity contribution is -0.137. The highest BCUT2D eigenvalue weighted by Gasteiger charge is 2.37. The van der Waals surface area contributed by atoms with Crippen LogP contribution in [0.3, 0.4) is 0 Å². The minimum absolute atomic E-state index is 0.269. The first-order chi connectivity index (χ1) is 8.99. The Kier molecular flexibility index (Phi) is 5.15. The lowest BCUT2D eigenvalue weighted by Gasteiger charge is -2.48. The van der Waals surface area contributed by atoms with Gasteiger partial charge < -0.3 is 10.0 Å². The molecule has 0 aromatic heterocycles. The molecule has 0 saturated carbocycles. The predicted molar refractivity (Wildman–Crippen MR) is 79.8 cm³/mol. The van der Waals surface area contributed by atoms with Crippen molar-refractivity contribution in [3.8, 4) is 0 Å². The molecule has 19 heavy (non-hydrogen) atoms. The summed E-state index contributed by atoms with van der Waals surface area (Å²) < 4.78 is 0. The summed E-state index contributed by atoms with van der Waals surface area (Å²) in [6.07, 6.45) is 1.58. The number of hydrogen-bond donors (Lipinski definition) is 1. The van der Waals surface area contributed by atoms with Crippen molar-refractivity contribution in [2.75, 3.05) is 44.2 Å². The zero-order valence-electron chi connectivity index (χ0n) is 12.1. The summed E-state index contributed by atoms with van der Waals surface area (Å²) in [7, 11) is 0. The average molecular weight is 286 g/mol. The number of hydrogen-bond acceptors (Lipinski definition) is 4. The molecule has 2 aliphatic heterocycles. The number of carbonyl (C=O) groups is 1. The van der Waals surface area contributed by atoms with E-state index in [4.69, 9.17) is 5.11 Å². The summed E-state index contributed by atoms with van der Waals surface area (Å²) >= 11 is 2.08. The van der Waals surface area contributed by atoms with Gasteiger partial charge in [-0.15, -0.1) is 0 Å². The van der Waals surface area contributed by atoms with E-state index >= 15 is 0 Å². The second-order valence-electron chi connectivity index (χ2n) is 6.35. The van der Waals surface area contributed by atoms with Gasteiger partial charge in [0.25, 0.3) is 0 Å². The number of piperazine rings is 1. The van der Waals surface area contributed by atoms with Crippen LogP contribution in [0.1, 0.15) is 26.7 Å². The van der Waals surface area contributed by atoms with Crippen molar-refractivity contribution in [1.82, 2.24) is 9.80 Å². The Morgan fingerprint density at radius 3 is 2.58 bits per heavy atom. The highest BCUT2D eigenvalue weighted by Crippen LogP contribution is 2.37. The molecule has 1 N–H and O–H groups in total. The minimum atomic E-state index is -0.688. The molecule has 0 aromatic rings. The molecule has 4 nitrogen and oxygen atoms in total. The lowest BCUT2D eigenvalue weighted by Crippen LogP contribution is -2.56. The van der Waals surface area contributed by atoms with Crippen LogP contribution in [0.15, 0.2) is 0 Å². The van der Waals surface area contributed by atoms with Gasteiger partial charge in [-0.1, -0.05) is 13.8 Å². The number of carboxylic acid groups (broad SMARTS) is 1. The van der Waals surface area contributed by atoms with E-state index in [-0.39, 0.29) is 6.42 Å². The Balaban J connectivity index is 1.80. The van der Waals surface area contributed by atoms with Crippen molar-refractivity contribution in [3.05, 3.63) is 0 Å². The second kappa shape index (κ2) is 6.46. The number of carboxylic acids is 1. The fourth-order valence-electron chi connectivity index (χ4n) is 3.07. The van der Waals surface area contributed by atoms with Gasteiger partial charge in [-0.05, 0) is 17.6 Å². The molecule has 0 radical (unpaired) electrons. The first kappa shape index (κ1) is 15.1. The van der Waals surface area contributed by atoms with Crippen LogP contribution in [0.5, 0.6) is 0 Å². The van der Waals surface area contributed by atoms with Crippen LogP contribution < -0.4 is 0 Å². The van der Waals surface area contributed by atoms with E-state index in [1.165, 1.54) is 17.9 Å². The summed E-state index contributed by atoms with van der Waals surface area (Å²) in [4.78, 5) is 15.5. The number of thioether (sulfide) groups is 1. The number of rotatable bonds is 4. The van der Waals surface area contributed by atoms with Crippen LogP contribution in [0.4, 0.5) is 0 Å². The third-order valence-corrected chi connectivity index (χ3v) is 5.60. The molecule has 2 heterocycles. The van der Waals surface area contributed by atoms with Crippen molar-refractivity contribution in [1.29, 1.82) is 0 Å². The summed E-state index contributed by atoms with van der Waals surface area (Å²) in [6, 6.07) is 0.688. The van der Waals surface area contributed by atoms with E-state index in [0.717, 1.165) is 26.2 Å². The molecule has 2 saturated heterocycles. The predicted octanol–water partition coefficient (Wildman–Crippen LogP) is 1.61. The van der Waals surface area contributed by atoms with Gasteiger partial charge in [-0.25, -0.2) is 0 Å². The Labute approximate surface area is 120 Å². The summed E-state index contributed by atoms with van der Waals surface area (Å²) in [5.41, 5.74) is 0.425. The zero-order valence-corrected chi connectivity index (χ0v) is 12.9. The molecule has 1 unspecified atom stereocenters. The van der Waals surface area contributed by atoms with Crippen LogP contribution in [0.25, 0.3) is 0 Å². The highest BCUT2D eigenvalue weighted by atomic mass is 32.2. The second-order valence-corrected chi connectivity index (χ2v) is 7.50. The van der Waals surface area contributed by atoms with Gasteiger partial charge in [0.2, 0.25) is 0 Å². The third-order valence-electron chi connectivity index (χ3n) is 4.56. The lowest BCUT2D eigenvalue weighted by atomic mass is 9.81. The zero-order chi connectivity index (χ0) is 13.9. The first-order valence-corrected chi connectivity index (χ1v) is 8.40. The maximum Gasteiger partial charge on any atom is 0.304 e. The van der Waals surface area contributed by atoms with Crippen LogP contribution in [0, 0.1) is 5.41 Å². The molecule has 0 aliphatic carbocycles. The third kappa shape index (κ3) is 4.10. The number of aliphatic carboxylic acids is 1. The monoisotopic (exact) mass is 286 g/mol. The maximum atomic E-state index is 10.6. The SMILES string of the molecule is CC1(C)CCSCC1N1CCN(CCC(=O)O)CC1. The summed E-state index contributed by atoms with van der Waals surface area (Å²) in [6.45, 7) is 9.71. The van der Waals surface area contributed by atoms with Crippen LogP contribution in [0.2, 0.25) is 0 Å². The Hall–Kier alpha value is -0.260. The summed E-state index contributed by atoms with van der Waals surface area (Å²) in [5, 5.41) is 8.73. The molecule has 0 bridgehead atoms. The van der Waals surface area contributed by atoms with E-state index in [2.05, 4.69) is 35.4 Å². The van der Waals surface area contributed by atoms with Crippen molar-refractivity contribution in [2.45, 2.75) is 32.7 Å². The standard InChI is InChI=1S/C14H26N2O2S/c1-14(2)4-10-19-11-12(14)16-8-6-15(7-9-16)5-3-13(17)18/h12H,3-11H2,1-2H3,(H,17,18). The quantitative estimate of drug-likeness (QED) is 0.850. The van der Waals surface area contributed by atoms with Crippen LogP contribution >= 0.6 is 11.8 Å². The normalized spacial score (nSPS) is 29.3. The molecule has 2 rings (SSSR count). The maximum absolute atomic E-state index is 10.6. The van der Waals surface area contributed by atoms with Crippen molar-refractivity contribution < 1.29 is 9.90 Å². The Morgan fingerprint density at radius 1 is 1.32 bits per heavy atom. The average Bonchev–Trinajstić information content (AvgIpc) is 2.37.